The van der Waals surface area contributed by atoms with Gasteiger partial charge in [0.15, 0.2) is 0 Å². The molecule has 0 amide bonds. The lowest BCUT2D eigenvalue weighted by molar-refractivity contribution is 0.227. The van der Waals surface area contributed by atoms with Gasteiger partial charge in [0.05, 0.1) is 0 Å². The third-order valence-electron chi connectivity index (χ3n) is 2.17. The molecule has 0 saturated heterocycles. The second-order valence-corrected chi connectivity index (χ2v) is 3.57. The lowest BCUT2D eigenvalue weighted by atomic mass is 10.0. The number of aliphatic hydroxyl groups excluding tert-OH is 2. The van der Waals surface area contributed by atoms with E-state index in [2.05, 4.69) is 6.92 Å². The Kier molecular flexibility index (Phi) is 8.95. The van der Waals surface area contributed by atoms with Gasteiger partial charge < -0.3 is 10.2 Å². The van der Waals surface area contributed by atoms with Crippen LogP contribution < -0.4 is 0 Å². The zero-order valence-electron chi connectivity index (χ0n) is 8.13. The Labute approximate surface area is 75.6 Å². The van der Waals surface area contributed by atoms with Gasteiger partial charge in [-0.1, -0.05) is 32.6 Å². The number of hydrogen-bond acceptors (Lipinski definition) is 2. The van der Waals surface area contributed by atoms with E-state index in [4.69, 9.17) is 10.2 Å². The fraction of sp³-hybridized carbons (Fsp3) is 1.00. The van der Waals surface area contributed by atoms with Crippen LogP contribution in [0.25, 0.3) is 0 Å². The highest BCUT2D eigenvalue weighted by Crippen LogP contribution is 2.10. The highest BCUT2D eigenvalue weighted by atomic mass is 16.3. The van der Waals surface area contributed by atoms with Crippen LogP contribution in [0.3, 0.4) is 0 Å². The molecule has 0 spiro atoms. The summed E-state index contributed by atoms with van der Waals surface area (Å²) in [6.45, 7) is 2.72. The molecule has 0 radical (unpaired) electrons. The molecule has 1 atom stereocenters. The van der Waals surface area contributed by atoms with Crippen molar-refractivity contribution in [2.24, 2.45) is 5.92 Å². The molecule has 0 rings (SSSR count). The summed E-state index contributed by atoms with van der Waals surface area (Å²) in [5, 5.41) is 17.3. The monoisotopic (exact) mass is 174 g/mol. The fourth-order valence-corrected chi connectivity index (χ4v) is 1.23. The summed E-state index contributed by atoms with van der Waals surface area (Å²) in [4.78, 5) is 0. The molecule has 0 aromatic rings. The Bertz CT molecular complexity index is 83.9. The maximum atomic E-state index is 8.74. The van der Waals surface area contributed by atoms with Gasteiger partial charge in [0.25, 0.3) is 0 Å². The van der Waals surface area contributed by atoms with Crippen molar-refractivity contribution in [3.63, 3.8) is 0 Å². The Balaban J connectivity index is 2.90. The van der Waals surface area contributed by atoms with Gasteiger partial charge in [-0.3, -0.25) is 0 Å². The summed E-state index contributed by atoms with van der Waals surface area (Å²) in [5.74, 6) is 0.461. The average molecular weight is 174 g/mol. The maximum absolute atomic E-state index is 8.74. The van der Waals surface area contributed by atoms with E-state index in [0.717, 1.165) is 19.3 Å². The number of unbranched alkanes of at least 4 members (excludes halogenated alkanes) is 4. The van der Waals surface area contributed by atoms with Crippen molar-refractivity contribution in [1.29, 1.82) is 0 Å². The molecule has 0 aromatic heterocycles. The predicted octanol–water partition coefficient (Wildman–Crippen LogP) is 1.95. The first-order valence-corrected chi connectivity index (χ1v) is 5.03. The van der Waals surface area contributed by atoms with Crippen LogP contribution in [-0.4, -0.2) is 23.4 Å². The SMILES string of the molecule is C[C@H](CO)CCCCCCCO. The van der Waals surface area contributed by atoms with Gasteiger partial charge >= 0.3 is 0 Å². The molecule has 0 bridgehead atoms. The van der Waals surface area contributed by atoms with E-state index in [0.29, 0.717) is 19.1 Å². The van der Waals surface area contributed by atoms with E-state index in [1.54, 1.807) is 0 Å². The lowest BCUT2D eigenvalue weighted by Gasteiger charge is -2.06. The van der Waals surface area contributed by atoms with Gasteiger partial charge in [-0.2, -0.15) is 0 Å². The second-order valence-electron chi connectivity index (χ2n) is 3.57. The quantitative estimate of drug-likeness (QED) is 0.552. The predicted molar refractivity (Wildman–Crippen MR) is 51.0 cm³/mol. The Morgan fingerprint density at radius 1 is 0.917 bits per heavy atom. The smallest absolute Gasteiger partial charge is 0.0456 e. The van der Waals surface area contributed by atoms with Gasteiger partial charge in [-0.25, -0.2) is 0 Å². The van der Waals surface area contributed by atoms with Gasteiger partial charge in [0, 0.05) is 13.2 Å². The molecule has 2 heteroatoms. The Hall–Kier alpha value is -0.0800. The fourth-order valence-electron chi connectivity index (χ4n) is 1.23. The normalized spacial score (nSPS) is 13.2. The molecule has 0 heterocycles. The summed E-state index contributed by atoms with van der Waals surface area (Å²) < 4.78 is 0. The van der Waals surface area contributed by atoms with Crippen LogP contribution in [0.4, 0.5) is 0 Å². The molecule has 2 nitrogen and oxygen atoms in total. The van der Waals surface area contributed by atoms with Crippen molar-refractivity contribution >= 4 is 0 Å². The van der Waals surface area contributed by atoms with E-state index in [-0.39, 0.29) is 0 Å². The molecule has 12 heavy (non-hydrogen) atoms. The van der Waals surface area contributed by atoms with Crippen LogP contribution in [0.1, 0.15) is 45.4 Å². The maximum Gasteiger partial charge on any atom is 0.0456 e. The first-order chi connectivity index (χ1) is 5.81. The van der Waals surface area contributed by atoms with E-state index < -0.39 is 0 Å². The first kappa shape index (κ1) is 11.9. The summed E-state index contributed by atoms with van der Waals surface area (Å²) in [5.41, 5.74) is 0. The zero-order chi connectivity index (χ0) is 9.23. The molecule has 74 valence electrons. The van der Waals surface area contributed by atoms with Crippen LogP contribution in [-0.2, 0) is 0 Å². The van der Waals surface area contributed by atoms with E-state index in [1.807, 2.05) is 0 Å². The molecular formula is C10H22O2. The van der Waals surface area contributed by atoms with Gasteiger partial charge in [-0.05, 0) is 18.8 Å². The molecule has 0 fully saturated rings. The number of hydrogen-bond donors (Lipinski definition) is 2. The second kappa shape index (κ2) is 9.01. The average Bonchev–Trinajstić information content (AvgIpc) is 2.10. The summed E-state index contributed by atoms with van der Waals surface area (Å²) in [6, 6.07) is 0. The lowest BCUT2D eigenvalue weighted by Crippen LogP contribution is -1.99. The molecule has 0 aliphatic heterocycles. The molecule has 0 aliphatic rings. The van der Waals surface area contributed by atoms with Crippen molar-refractivity contribution < 1.29 is 10.2 Å². The molecule has 0 aliphatic carbocycles. The summed E-state index contributed by atoms with van der Waals surface area (Å²) in [7, 11) is 0. The number of rotatable bonds is 8. The molecule has 0 aromatic carbocycles. The van der Waals surface area contributed by atoms with E-state index >= 15 is 0 Å². The molecular weight excluding hydrogens is 152 g/mol. The van der Waals surface area contributed by atoms with Gasteiger partial charge in [0.2, 0.25) is 0 Å². The first-order valence-electron chi connectivity index (χ1n) is 5.03. The largest absolute Gasteiger partial charge is 0.396 e. The van der Waals surface area contributed by atoms with Crippen LogP contribution in [0.2, 0.25) is 0 Å². The molecule has 0 unspecified atom stereocenters. The number of aliphatic hydroxyl groups is 2. The minimum absolute atomic E-state index is 0.316. The topological polar surface area (TPSA) is 40.5 Å². The van der Waals surface area contributed by atoms with Crippen LogP contribution in [0.5, 0.6) is 0 Å². The van der Waals surface area contributed by atoms with Crippen molar-refractivity contribution in [2.75, 3.05) is 13.2 Å². The van der Waals surface area contributed by atoms with E-state index in [9.17, 15) is 0 Å². The standard InChI is InChI=1S/C10H22O2/c1-10(9-12)7-5-3-2-4-6-8-11/h10-12H,2-9H2,1H3/t10-/m0/s1. The zero-order valence-corrected chi connectivity index (χ0v) is 8.13. The van der Waals surface area contributed by atoms with Crippen LogP contribution in [0, 0.1) is 5.92 Å². The summed E-state index contributed by atoms with van der Waals surface area (Å²) >= 11 is 0. The Morgan fingerprint density at radius 2 is 1.50 bits per heavy atom. The molecule has 2 N–H and O–H groups in total. The van der Waals surface area contributed by atoms with Crippen LogP contribution >= 0.6 is 0 Å². The van der Waals surface area contributed by atoms with Gasteiger partial charge in [0.1, 0.15) is 0 Å². The van der Waals surface area contributed by atoms with Crippen molar-refractivity contribution in [3.8, 4) is 0 Å². The third-order valence-corrected chi connectivity index (χ3v) is 2.17. The minimum atomic E-state index is 0.316. The van der Waals surface area contributed by atoms with Crippen molar-refractivity contribution in [2.45, 2.75) is 45.4 Å². The van der Waals surface area contributed by atoms with E-state index in [1.165, 1.54) is 19.3 Å². The highest BCUT2D eigenvalue weighted by molar-refractivity contribution is 4.51. The minimum Gasteiger partial charge on any atom is -0.396 e. The van der Waals surface area contributed by atoms with Crippen molar-refractivity contribution in [1.82, 2.24) is 0 Å². The third kappa shape index (κ3) is 8.02. The summed E-state index contributed by atoms with van der Waals surface area (Å²) in [6.07, 6.45) is 6.89. The molecule has 0 saturated carbocycles. The van der Waals surface area contributed by atoms with Crippen LogP contribution in [0.15, 0.2) is 0 Å². The van der Waals surface area contributed by atoms with Crippen molar-refractivity contribution in [3.05, 3.63) is 0 Å². The highest BCUT2D eigenvalue weighted by Gasteiger charge is 1.98. The Morgan fingerprint density at radius 3 is 2.08 bits per heavy atom. The van der Waals surface area contributed by atoms with Gasteiger partial charge in [-0.15, -0.1) is 0 Å².